The predicted octanol–water partition coefficient (Wildman–Crippen LogP) is 2.32. The van der Waals surface area contributed by atoms with Gasteiger partial charge in [0.2, 0.25) is 5.91 Å². The smallest absolute Gasteiger partial charge is 0.225 e. The highest BCUT2D eigenvalue weighted by atomic mass is 16.5. The van der Waals surface area contributed by atoms with Gasteiger partial charge in [-0.3, -0.25) is 9.78 Å². The number of amides is 1. The normalized spacial score (nSPS) is 32.8. The van der Waals surface area contributed by atoms with Gasteiger partial charge < -0.3 is 15.0 Å². The summed E-state index contributed by atoms with van der Waals surface area (Å²) < 4.78 is 6.48. The predicted molar refractivity (Wildman–Crippen MR) is 99.9 cm³/mol. The van der Waals surface area contributed by atoms with Crippen LogP contribution < -0.4 is 10.2 Å². The molecule has 6 heteroatoms. The lowest BCUT2D eigenvalue weighted by atomic mass is 9.73. The maximum absolute atomic E-state index is 12.5. The van der Waals surface area contributed by atoms with Crippen molar-refractivity contribution in [2.45, 2.75) is 58.7 Å². The Balaban J connectivity index is 1.47. The van der Waals surface area contributed by atoms with Crippen molar-refractivity contribution < 1.29 is 9.53 Å². The van der Waals surface area contributed by atoms with Crippen molar-refractivity contribution >= 4 is 11.7 Å². The molecule has 142 valence electrons. The second-order valence-corrected chi connectivity index (χ2v) is 8.88. The molecular weight excluding hydrogens is 328 g/mol. The Hall–Kier alpha value is -1.69. The molecule has 0 saturated carbocycles. The molecule has 1 N–H and O–H groups in total. The molecule has 4 atom stereocenters. The number of hydrogen-bond donors (Lipinski definition) is 1. The van der Waals surface area contributed by atoms with E-state index in [1.165, 1.54) is 0 Å². The highest BCUT2D eigenvalue weighted by Gasteiger charge is 2.63. The van der Waals surface area contributed by atoms with Crippen LogP contribution in [0.15, 0.2) is 12.4 Å². The zero-order chi connectivity index (χ0) is 18.5. The largest absolute Gasteiger partial charge is 0.369 e. The fourth-order valence-corrected chi connectivity index (χ4v) is 4.85. The third-order valence-electron chi connectivity index (χ3n) is 6.85. The molecule has 4 rings (SSSR count). The molecule has 3 aliphatic heterocycles. The molecule has 0 radical (unpaired) electrons. The number of ether oxygens (including phenoxy) is 1. The standard InChI is InChI=1S/C20H30N4O2/c1-5-19(3,4)18(25)22-9-14-15-11-24(17-10-21-8-13(2)23-17)12-20(15)7-6-16(14)26-20/h8,10,14-16H,5-7,9,11-12H2,1-4H3,(H,22,25)/t14-,15+,16+,20+/m0/s1. The van der Waals surface area contributed by atoms with E-state index in [1.807, 2.05) is 27.0 Å². The first-order valence-electron chi connectivity index (χ1n) is 9.84. The zero-order valence-electron chi connectivity index (χ0n) is 16.3. The number of hydrogen-bond acceptors (Lipinski definition) is 5. The van der Waals surface area contributed by atoms with Crippen LogP contribution in [0.5, 0.6) is 0 Å². The Morgan fingerprint density at radius 1 is 1.46 bits per heavy atom. The topological polar surface area (TPSA) is 67.4 Å². The maximum Gasteiger partial charge on any atom is 0.225 e. The SMILES string of the molecule is CCC(C)(C)C(=O)NC[C@H]1[C@H]2CN(c3cncc(C)n3)C[C@]23CC[C@H]1O3. The number of aryl methyl sites for hydroxylation is 1. The van der Waals surface area contributed by atoms with E-state index in [4.69, 9.17) is 4.74 Å². The second kappa shape index (κ2) is 6.19. The van der Waals surface area contributed by atoms with Gasteiger partial charge in [-0.2, -0.15) is 0 Å². The van der Waals surface area contributed by atoms with E-state index in [-0.39, 0.29) is 23.0 Å². The van der Waals surface area contributed by atoms with Crippen LogP contribution in [0.1, 0.15) is 45.7 Å². The van der Waals surface area contributed by atoms with Crippen LogP contribution in [0.25, 0.3) is 0 Å². The molecule has 4 heterocycles. The van der Waals surface area contributed by atoms with Crippen molar-refractivity contribution in [1.29, 1.82) is 0 Å². The highest BCUT2D eigenvalue weighted by Crippen LogP contribution is 2.55. The van der Waals surface area contributed by atoms with Gasteiger partial charge in [0.15, 0.2) is 0 Å². The fraction of sp³-hybridized carbons (Fsp3) is 0.750. The van der Waals surface area contributed by atoms with Crippen molar-refractivity contribution in [3.63, 3.8) is 0 Å². The fourth-order valence-electron chi connectivity index (χ4n) is 4.85. The molecule has 3 aliphatic rings. The van der Waals surface area contributed by atoms with Crippen LogP contribution in [-0.4, -0.2) is 47.2 Å². The molecule has 3 saturated heterocycles. The van der Waals surface area contributed by atoms with E-state index in [0.29, 0.717) is 18.4 Å². The van der Waals surface area contributed by atoms with Gasteiger partial charge in [0.1, 0.15) is 5.82 Å². The van der Waals surface area contributed by atoms with Crippen LogP contribution in [0.2, 0.25) is 0 Å². The molecule has 1 spiro atoms. The quantitative estimate of drug-likeness (QED) is 0.875. The molecule has 26 heavy (non-hydrogen) atoms. The first-order valence-corrected chi connectivity index (χ1v) is 9.84. The lowest BCUT2D eigenvalue weighted by Crippen LogP contribution is -2.44. The Morgan fingerprint density at radius 3 is 3.00 bits per heavy atom. The molecule has 1 amide bonds. The Bertz CT molecular complexity index is 707. The monoisotopic (exact) mass is 358 g/mol. The number of aromatic nitrogens is 2. The van der Waals surface area contributed by atoms with Crippen molar-refractivity contribution in [3.8, 4) is 0 Å². The number of fused-ring (bicyclic) bond motifs is 1. The summed E-state index contributed by atoms with van der Waals surface area (Å²) in [7, 11) is 0. The minimum absolute atomic E-state index is 0.0637. The van der Waals surface area contributed by atoms with E-state index in [0.717, 1.165) is 43.9 Å². The van der Waals surface area contributed by atoms with Gasteiger partial charge in [-0.05, 0) is 26.2 Å². The third kappa shape index (κ3) is 2.79. The van der Waals surface area contributed by atoms with Crippen molar-refractivity contribution in [2.75, 3.05) is 24.5 Å². The van der Waals surface area contributed by atoms with Crippen LogP contribution in [-0.2, 0) is 9.53 Å². The van der Waals surface area contributed by atoms with E-state index in [1.54, 1.807) is 6.20 Å². The Labute approximate surface area is 155 Å². The van der Waals surface area contributed by atoms with Crippen molar-refractivity contribution in [1.82, 2.24) is 15.3 Å². The first-order chi connectivity index (χ1) is 12.3. The van der Waals surface area contributed by atoms with Crippen LogP contribution in [0.4, 0.5) is 5.82 Å². The van der Waals surface area contributed by atoms with Gasteiger partial charge >= 0.3 is 0 Å². The lowest BCUT2D eigenvalue weighted by Gasteiger charge is -2.30. The summed E-state index contributed by atoms with van der Waals surface area (Å²) in [5, 5.41) is 3.21. The van der Waals surface area contributed by atoms with Crippen molar-refractivity contribution in [2.24, 2.45) is 17.3 Å². The number of carbonyl (C=O) groups excluding carboxylic acids is 1. The number of anilines is 1. The first kappa shape index (κ1) is 17.7. The van der Waals surface area contributed by atoms with Gasteiger partial charge in [-0.15, -0.1) is 0 Å². The molecule has 0 unspecified atom stereocenters. The summed E-state index contributed by atoms with van der Waals surface area (Å²) in [6.45, 7) is 10.6. The lowest BCUT2D eigenvalue weighted by molar-refractivity contribution is -0.129. The minimum atomic E-state index is -0.310. The second-order valence-electron chi connectivity index (χ2n) is 8.88. The number of nitrogens with zero attached hydrogens (tertiary/aromatic N) is 3. The molecule has 0 aromatic carbocycles. The highest BCUT2D eigenvalue weighted by molar-refractivity contribution is 5.81. The van der Waals surface area contributed by atoms with Gasteiger partial charge in [0.25, 0.3) is 0 Å². The number of carbonyl (C=O) groups is 1. The van der Waals surface area contributed by atoms with E-state index in [2.05, 4.69) is 27.1 Å². The summed E-state index contributed by atoms with van der Waals surface area (Å²) in [5.41, 5.74) is 0.564. The Kier molecular flexibility index (Phi) is 4.21. The van der Waals surface area contributed by atoms with Crippen LogP contribution >= 0.6 is 0 Å². The molecule has 0 aliphatic carbocycles. The average molecular weight is 358 g/mol. The van der Waals surface area contributed by atoms with E-state index in [9.17, 15) is 4.79 Å². The summed E-state index contributed by atoms with van der Waals surface area (Å²) >= 11 is 0. The summed E-state index contributed by atoms with van der Waals surface area (Å²) in [6.07, 6.45) is 6.98. The van der Waals surface area contributed by atoms with Gasteiger partial charge in [-0.25, -0.2) is 4.98 Å². The Morgan fingerprint density at radius 2 is 2.27 bits per heavy atom. The molecule has 1 aromatic rings. The minimum Gasteiger partial charge on any atom is -0.369 e. The summed E-state index contributed by atoms with van der Waals surface area (Å²) in [5.74, 6) is 1.93. The zero-order valence-corrected chi connectivity index (χ0v) is 16.3. The van der Waals surface area contributed by atoms with Gasteiger partial charge in [0.05, 0.1) is 23.6 Å². The van der Waals surface area contributed by atoms with Gasteiger partial charge in [0, 0.05) is 43.1 Å². The molecule has 2 bridgehead atoms. The molecule has 3 fully saturated rings. The van der Waals surface area contributed by atoms with Crippen molar-refractivity contribution in [3.05, 3.63) is 18.1 Å². The van der Waals surface area contributed by atoms with Crippen LogP contribution in [0.3, 0.4) is 0 Å². The summed E-state index contributed by atoms with van der Waals surface area (Å²) in [6, 6.07) is 0. The average Bonchev–Trinajstić information content (AvgIpc) is 3.28. The molecule has 1 aromatic heterocycles. The van der Waals surface area contributed by atoms with E-state index >= 15 is 0 Å². The summed E-state index contributed by atoms with van der Waals surface area (Å²) in [4.78, 5) is 23.7. The van der Waals surface area contributed by atoms with Gasteiger partial charge in [-0.1, -0.05) is 20.8 Å². The molecule has 6 nitrogen and oxygen atoms in total. The number of rotatable bonds is 5. The maximum atomic E-state index is 12.5. The molecular formula is C20H30N4O2. The number of nitrogens with one attached hydrogen (secondary N) is 1. The van der Waals surface area contributed by atoms with Crippen LogP contribution in [0, 0.1) is 24.2 Å². The van der Waals surface area contributed by atoms with E-state index < -0.39 is 0 Å². The third-order valence-corrected chi connectivity index (χ3v) is 6.85.